The van der Waals surface area contributed by atoms with Gasteiger partial charge in [-0.3, -0.25) is 4.57 Å². The summed E-state index contributed by atoms with van der Waals surface area (Å²) in [5.74, 6) is 0.900. The first-order chi connectivity index (χ1) is 7.52. The van der Waals surface area contributed by atoms with Gasteiger partial charge in [-0.1, -0.05) is 45.9 Å². The molecule has 1 heterocycles. The van der Waals surface area contributed by atoms with Crippen molar-refractivity contribution in [3.05, 3.63) is 29.3 Å². The fraction of sp³-hybridized carbons (Fsp3) is 0.500. The van der Waals surface area contributed by atoms with E-state index in [2.05, 4.69) is 51.1 Å². The van der Waals surface area contributed by atoms with Crippen LogP contribution in [0.1, 0.15) is 50.7 Å². The lowest BCUT2D eigenvalue weighted by atomic mass is 9.93. The molecule has 16 heavy (non-hydrogen) atoms. The minimum Gasteiger partial charge on any atom is -0.283 e. The molecule has 1 atom stereocenters. The fourth-order valence-electron chi connectivity index (χ4n) is 2.00. The van der Waals surface area contributed by atoms with Crippen molar-refractivity contribution < 1.29 is 4.57 Å². The van der Waals surface area contributed by atoms with E-state index in [9.17, 15) is 4.57 Å². The molecule has 0 aliphatic carbocycles. The summed E-state index contributed by atoms with van der Waals surface area (Å²) in [6, 6.07) is 6.34. The van der Waals surface area contributed by atoms with E-state index in [1.807, 2.05) is 4.78 Å². The minimum atomic E-state index is -1.70. The van der Waals surface area contributed by atoms with Gasteiger partial charge in [-0.05, 0) is 23.0 Å². The summed E-state index contributed by atoms with van der Waals surface area (Å²) in [6.07, 6.45) is 0. The number of nitrogens with zero attached hydrogens (tertiary/aromatic N) is 1. The van der Waals surface area contributed by atoms with Crippen LogP contribution in [0.3, 0.4) is 0 Å². The molecule has 0 radical (unpaired) electrons. The molecular formula is C12H19N2OP. The second-order valence-electron chi connectivity index (χ2n) is 4.85. The summed E-state index contributed by atoms with van der Waals surface area (Å²) in [5, 5.41) is 2.92. The highest BCUT2D eigenvalue weighted by molar-refractivity contribution is 7.52. The largest absolute Gasteiger partial charge is 0.283 e. The first kappa shape index (κ1) is 11.7. The molecule has 4 heteroatoms. The zero-order valence-electron chi connectivity index (χ0n) is 10.2. The van der Waals surface area contributed by atoms with Gasteiger partial charge in [0, 0.05) is 0 Å². The third kappa shape index (κ3) is 2.02. The monoisotopic (exact) mass is 238 g/mol. The lowest BCUT2D eigenvalue weighted by Gasteiger charge is -2.18. The molecule has 1 aromatic carbocycles. The molecule has 1 N–H and O–H groups in total. The highest BCUT2D eigenvalue weighted by Crippen LogP contribution is 2.48. The van der Waals surface area contributed by atoms with Crippen molar-refractivity contribution in [3.63, 3.8) is 0 Å². The predicted octanol–water partition coefficient (Wildman–Crippen LogP) is 3.65. The molecule has 2 rings (SSSR count). The maximum Gasteiger partial charge on any atom is 0.257 e. The number of hydrazine groups is 1. The van der Waals surface area contributed by atoms with Crippen LogP contribution in [-0.4, -0.2) is 0 Å². The molecule has 3 nitrogen and oxygen atoms in total. The van der Waals surface area contributed by atoms with E-state index in [1.165, 1.54) is 11.1 Å². The lowest BCUT2D eigenvalue weighted by Crippen LogP contribution is -2.06. The number of nitrogens with one attached hydrogen (secondary N) is 1. The minimum absolute atomic E-state index is 0.450. The predicted molar refractivity (Wildman–Crippen MR) is 69.2 cm³/mol. The number of anilines is 1. The van der Waals surface area contributed by atoms with Crippen LogP contribution < -0.4 is 9.98 Å². The molecule has 1 fully saturated rings. The third-order valence-electron chi connectivity index (χ3n) is 2.93. The smallest absolute Gasteiger partial charge is 0.257 e. The van der Waals surface area contributed by atoms with E-state index in [-0.39, 0.29) is 0 Å². The zero-order valence-corrected chi connectivity index (χ0v) is 11.2. The van der Waals surface area contributed by atoms with Crippen LogP contribution in [-0.2, 0) is 4.57 Å². The second-order valence-corrected chi connectivity index (χ2v) is 6.13. The van der Waals surface area contributed by atoms with E-state index >= 15 is 0 Å². The molecule has 1 unspecified atom stereocenters. The van der Waals surface area contributed by atoms with Gasteiger partial charge in [-0.25, -0.2) is 4.78 Å². The number of benzene rings is 1. The third-order valence-corrected chi connectivity index (χ3v) is 3.87. The van der Waals surface area contributed by atoms with E-state index in [0.717, 1.165) is 5.69 Å². The first-order valence-corrected chi connectivity index (χ1v) is 7.11. The molecule has 1 aliphatic heterocycles. The van der Waals surface area contributed by atoms with Crippen molar-refractivity contribution >= 4 is 13.8 Å². The summed E-state index contributed by atoms with van der Waals surface area (Å²) in [6.45, 7) is 8.68. The lowest BCUT2D eigenvalue weighted by molar-refractivity contribution is 0.597. The Balaban J connectivity index is 2.54. The summed E-state index contributed by atoms with van der Waals surface area (Å²) in [5.41, 5.74) is 3.68. The quantitative estimate of drug-likeness (QED) is 0.645. The highest BCUT2D eigenvalue weighted by atomic mass is 31.1. The molecule has 1 aliphatic rings. The first-order valence-electron chi connectivity index (χ1n) is 5.76. The van der Waals surface area contributed by atoms with Crippen molar-refractivity contribution in [2.24, 2.45) is 0 Å². The normalized spacial score (nSPS) is 19.6. The Morgan fingerprint density at radius 1 is 1.12 bits per heavy atom. The van der Waals surface area contributed by atoms with Crippen LogP contribution >= 0.6 is 8.10 Å². The standard InChI is InChI=1S/C12H19N2OP/c1-8(2)10-6-5-7-11(9(3)4)12(10)14-13-16(14)15/h5-9,16H,1-4H3,(H,13,15). The highest BCUT2D eigenvalue weighted by Gasteiger charge is 2.33. The molecule has 0 spiro atoms. The Hall–Kier alpha value is -0.790. The Morgan fingerprint density at radius 2 is 1.56 bits per heavy atom. The number of para-hydroxylation sites is 1. The van der Waals surface area contributed by atoms with E-state index in [0.29, 0.717) is 11.8 Å². The van der Waals surface area contributed by atoms with Crippen LogP contribution in [0.5, 0.6) is 0 Å². The molecular weight excluding hydrogens is 219 g/mol. The Kier molecular flexibility index (Phi) is 3.09. The molecule has 88 valence electrons. The summed E-state index contributed by atoms with van der Waals surface area (Å²) in [4.78, 5) is 0. The number of hydrogen-bond donors (Lipinski definition) is 1. The van der Waals surface area contributed by atoms with Gasteiger partial charge in [-0.15, -0.1) is 0 Å². The van der Waals surface area contributed by atoms with Gasteiger partial charge in [0.25, 0.3) is 8.10 Å². The van der Waals surface area contributed by atoms with Crippen molar-refractivity contribution in [2.75, 3.05) is 4.78 Å². The number of hydrogen-bond acceptors (Lipinski definition) is 1. The van der Waals surface area contributed by atoms with E-state index in [4.69, 9.17) is 0 Å². The van der Waals surface area contributed by atoms with Crippen LogP contribution in [0.2, 0.25) is 0 Å². The van der Waals surface area contributed by atoms with Gasteiger partial charge in [0.15, 0.2) is 0 Å². The molecule has 0 saturated carbocycles. The van der Waals surface area contributed by atoms with Crippen LogP contribution in [0.25, 0.3) is 0 Å². The van der Waals surface area contributed by atoms with E-state index < -0.39 is 8.10 Å². The molecule has 0 aromatic heterocycles. The van der Waals surface area contributed by atoms with Crippen molar-refractivity contribution in [1.82, 2.24) is 5.20 Å². The Bertz CT molecular complexity index is 403. The molecule has 0 amide bonds. The van der Waals surface area contributed by atoms with Gasteiger partial charge in [0.2, 0.25) is 0 Å². The average Bonchev–Trinajstić information content (AvgIpc) is 2.93. The average molecular weight is 238 g/mol. The van der Waals surface area contributed by atoms with Gasteiger partial charge in [-0.2, -0.15) is 5.20 Å². The van der Waals surface area contributed by atoms with Gasteiger partial charge >= 0.3 is 0 Å². The molecule has 1 aromatic rings. The van der Waals surface area contributed by atoms with Crippen LogP contribution in [0.15, 0.2) is 18.2 Å². The summed E-state index contributed by atoms with van der Waals surface area (Å²) >= 11 is 0. The zero-order chi connectivity index (χ0) is 11.9. The van der Waals surface area contributed by atoms with E-state index in [1.54, 1.807) is 0 Å². The Morgan fingerprint density at radius 3 is 1.88 bits per heavy atom. The number of rotatable bonds is 3. The SMILES string of the molecule is CC(C)c1cccc(C(C)C)c1N1N[PH]1=O. The fourth-order valence-corrected chi connectivity index (χ4v) is 2.85. The Labute approximate surface area is 97.7 Å². The summed E-state index contributed by atoms with van der Waals surface area (Å²) < 4.78 is 13.3. The molecule has 1 saturated heterocycles. The van der Waals surface area contributed by atoms with Crippen molar-refractivity contribution in [2.45, 2.75) is 39.5 Å². The maximum absolute atomic E-state index is 11.4. The molecule has 0 bridgehead atoms. The summed E-state index contributed by atoms with van der Waals surface area (Å²) in [7, 11) is -1.70. The maximum atomic E-state index is 11.4. The topological polar surface area (TPSA) is 42.0 Å². The van der Waals surface area contributed by atoms with Gasteiger partial charge in [0.1, 0.15) is 0 Å². The second kappa shape index (κ2) is 4.23. The van der Waals surface area contributed by atoms with Gasteiger partial charge < -0.3 is 0 Å². The van der Waals surface area contributed by atoms with Crippen molar-refractivity contribution in [3.8, 4) is 0 Å². The van der Waals surface area contributed by atoms with Crippen molar-refractivity contribution in [1.29, 1.82) is 0 Å². The van der Waals surface area contributed by atoms with Crippen LogP contribution in [0, 0.1) is 0 Å². The van der Waals surface area contributed by atoms with Gasteiger partial charge in [0.05, 0.1) is 5.69 Å². The van der Waals surface area contributed by atoms with Crippen LogP contribution in [0.4, 0.5) is 5.69 Å².